The van der Waals surface area contributed by atoms with Crippen LogP contribution in [0.25, 0.3) is 0 Å². The Hall–Kier alpha value is -1.65. The molecule has 1 N–H and O–H groups in total. The largest absolute Gasteiger partial charge is 0.342 e. The van der Waals surface area contributed by atoms with E-state index < -0.39 is 11.5 Å². The summed E-state index contributed by atoms with van der Waals surface area (Å²) in [5.74, 6) is -0.0862. The van der Waals surface area contributed by atoms with E-state index in [-0.39, 0.29) is 30.1 Å². The molecule has 110 valence electrons. The Kier molecular flexibility index (Phi) is 3.97. The van der Waals surface area contributed by atoms with E-state index in [2.05, 4.69) is 11.9 Å². The van der Waals surface area contributed by atoms with E-state index >= 15 is 0 Å². The molecule has 0 bridgehead atoms. The zero-order valence-corrected chi connectivity index (χ0v) is 12.1. The summed E-state index contributed by atoms with van der Waals surface area (Å²) in [7, 11) is 0. The summed E-state index contributed by atoms with van der Waals surface area (Å²) in [4.78, 5) is 37.9. The highest BCUT2D eigenvalue weighted by molar-refractivity contribution is 5.97. The fourth-order valence-electron chi connectivity index (χ4n) is 2.74. The summed E-state index contributed by atoms with van der Waals surface area (Å²) < 4.78 is 0. The molecule has 0 aromatic rings. The lowest BCUT2D eigenvalue weighted by molar-refractivity contribution is -0.147. The smallest absolute Gasteiger partial charge is 0.245 e. The minimum Gasteiger partial charge on any atom is -0.342 e. The van der Waals surface area contributed by atoms with Crippen LogP contribution in [0.15, 0.2) is 12.7 Å². The van der Waals surface area contributed by atoms with Gasteiger partial charge in [-0.15, -0.1) is 6.58 Å². The lowest BCUT2D eigenvalue weighted by atomic mass is 9.85. The number of hydrogen-bond acceptors (Lipinski definition) is 3. The van der Waals surface area contributed by atoms with Crippen LogP contribution in [0.3, 0.4) is 0 Å². The number of piperazine rings is 1. The molecule has 2 aliphatic heterocycles. The zero-order chi connectivity index (χ0) is 14.9. The number of carbonyl (C=O) groups excluding carboxylic acids is 3. The maximum Gasteiger partial charge on any atom is 0.245 e. The van der Waals surface area contributed by atoms with Gasteiger partial charge in [0.25, 0.3) is 0 Å². The van der Waals surface area contributed by atoms with Crippen LogP contribution in [-0.2, 0) is 14.4 Å². The Balaban J connectivity index is 1.97. The van der Waals surface area contributed by atoms with E-state index in [0.717, 1.165) is 12.8 Å². The molecular weight excluding hydrogens is 256 g/mol. The molecule has 20 heavy (non-hydrogen) atoms. The molecule has 0 aliphatic carbocycles. The fourth-order valence-corrected chi connectivity index (χ4v) is 2.74. The quantitative estimate of drug-likeness (QED) is 0.764. The summed E-state index contributed by atoms with van der Waals surface area (Å²) >= 11 is 0. The van der Waals surface area contributed by atoms with Crippen molar-refractivity contribution >= 4 is 17.6 Å². The van der Waals surface area contributed by atoms with Gasteiger partial charge in [-0.25, -0.2) is 0 Å². The van der Waals surface area contributed by atoms with Gasteiger partial charge < -0.3 is 10.2 Å². The Labute approximate surface area is 119 Å². The van der Waals surface area contributed by atoms with Crippen molar-refractivity contribution in [1.82, 2.24) is 10.2 Å². The first kappa shape index (κ1) is 14.8. The van der Waals surface area contributed by atoms with Crippen molar-refractivity contribution in [2.24, 2.45) is 5.41 Å². The first-order chi connectivity index (χ1) is 9.36. The van der Waals surface area contributed by atoms with Crippen molar-refractivity contribution in [2.75, 3.05) is 6.54 Å². The van der Waals surface area contributed by atoms with Crippen LogP contribution in [0.4, 0.5) is 0 Å². The number of allylic oxidation sites excluding steroid dienone is 1. The third-order valence-corrected chi connectivity index (χ3v) is 4.34. The second kappa shape index (κ2) is 5.38. The minimum absolute atomic E-state index is 0.0399. The van der Waals surface area contributed by atoms with E-state index in [1.54, 1.807) is 24.8 Å². The van der Waals surface area contributed by atoms with Crippen LogP contribution in [0, 0.1) is 5.41 Å². The van der Waals surface area contributed by atoms with Crippen LogP contribution in [-0.4, -0.2) is 41.1 Å². The molecule has 5 nitrogen and oxygen atoms in total. The van der Waals surface area contributed by atoms with Gasteiger partial charge in [0.1, 0.15) is 17.9 Å². The first-order valence-electron chi connectivity index (χ1n) is 7.14. The third kappa shape index (κ3) is 2.62. The summed E-state index contributed by atoms with van der Waals surface area (Å²) in [5.41, 5.74) is -0.585. The fraction of sp³-hybridized carbons (Fsp3) is 0.667. The number of hydrogen-bond donors (Lipinski definition) is 1. The number of nitrogens with one attached hydrogen (secondary N) is 1. The van der Waals surface area contributed by atoms with E-state index in [9.17, 15) is 14.4 Å². The molecule has 5 heteroatoms. The third-order valence-electron chi connectivity index (χ3n) is 4.34. The molecule has 2 atom stereocenters. The number of ketones is 1. The van der Waals surface area contributed by atoms with E-state index in [1.807, 2.05) is 0 Å². The SMILES string of the molecule is C=CC(C)(C)C(=O)CCC1NC(=O)C2CCCN2C1=O. The van der Waals surface area contributed by atoms with E-state index in [0.29, 0.717) is 13.0 Å². The molecule has 0 radical (unpaired) electrons. The average Bonchev–Trinajstić information content (AvgIpc) is 2.90. The average molecular weight is 278 g/mol. The maximum atomic E-state index is 12.3. The number of amides is 2. The molecule has 2 heterocycles. The van der Waals surface area contributed by atoms with E-state index in [1.165, 1.54) is 0 Å². The van der Waals surface area contributed by atoms with Gasteiger partial charge in [0, 0.05) is 18.4 Å². The van der Waals surface area contributed by atoms with Crippen LogP contribution in [0.5, 0.6) is 0 Å². The van der Waals surface area contributed by atoms with E-state index in [4.69, 9.17) is 0 Å². The lowest BCUT2D eigenvalue weighted by Gasteiger charge is -2.34. The topological polar surface area (TPSA) is 66.5 Å². The molecule has 2 aliphatic rings. The number of fused-ring (bicyclic) bond motifs is 1. The highest BCUT2D eigenvalue weighted by Gasteiger charge is 2.42. The Bertz CT molecular complexity index is 456. The molecule has 2 amide bonds. The minimum atomic E-state index is -0.585. The maximum absolute atomic E-state index is 12.3. The molecule has 2 unspecified atom stereocenters. The molecule has 2 fully saturated rings. The zero-order valence-electron chi connectivity index (χ0n) is 12.1. The molecular formula is C15H22N2O3. The van der Waals surface area contributed by atoms with Gasteiger partial charge >= 0.3 is 0 Å². The second-order valence-corrected chi connectivity index (χ2v) is 6.14. The molecule has 2 saturated heterocycles. The Morgan fingerprint density at radius 2 is 2.20 bits per heavy atom. The first-order valence-corrected chi connectivity index (χ1v) is 7.14. The van der Waals surface area contributed by atoms with Crippen LogP contribution < -0.4 is 5.32 Å². The van der Waals surface area contributed by atoms with Gasteiger partial charge in [-0.2, -0.15) is 0 Å². The predicted molar refractivity (Wildman–Crippen MR) is 74.9 cm³/mol. The Morgan fingerprint density at radius 1 is 1.50 bits per heavy atom. The number of rotatable bonds is 5. The van der Waals surface area contributed by atoms with Gasteiger partial charge in [0.15, 0.2) is 0 Å². The van der Waals surface area contributed by atoms with Gasteiger partial charge in [-0.05, 0) is 33.1 Å². The monoisotopic (exact) mass is 278 g/mol. The van der Waals surface area contributed by atoms with Crippen LogP contribution in [0.2, 0.25) is 0 Å². The summed E-state index contributed by atoms with van der Waals surface area (Å²) in [6.45, 7) is 7.92. The number of carbonyl (C=O) groups is 3. The van der Waals surface area contributed by atoms with Crippen molar-refractivity contribution in [3.63, 3.8) is 0 Å². The van der Waals surface area contributed by atoms with Crippen molar-refractivity contribution in [2.45, 2.75) is 51.6 Å². The molecule has 0 spiro atoms. The van der Waals surface area contributed by atoms with Crippen molar-refractivity contribution in [3.8, 4) is 0 Å². The highest BCUT2D eigenvalue weighted by atomic mass is 16.2. The lowest BCUT2D eigenvalue weighted by Crippen LogP contribution is -2.61. The summed E-state index contributed by atoms with van der Waals surface area (Å²) in [5, 5.41) is 2.75. The highest BCUT2D eigenvalue weighted by Crippen LogP contribution is 2.25. The summed E-state index contributed by atoms with van der Waals surface area (Å²) in [6, 6.07) is -0.847. The Morgan fingerprint density at radius 3 is 2.85 bits per heavy atom. The van der Waals surface area contributed by atoms with Crippen molar-refractivity contribution in [1.29, 1.82) is 0 Å². The molecule has 0 aromatic carbocycles. The van der Waals surface area contributed by atoms with Crippen LogP contribution >= 0.6 is 0 Å². The van der Waals surface area contributed by atoms with Crippen molar-refractivity contribution < 1.29 is 14.4 Å². The van der Waals surface area contributed by atoms with Gasteiger partial charge in [0.2, 0.25) is 11.8 Å². The van der Waals surface area contributed by atoms with Crippen molar-refractivity contribution in [3.05, 3.63) is 12.7 Å². The number of Topliss-reactive ketones (excluding diaryl/α,β-unsaturated/α-hetero) is 1. The standard InChI is InChI=1S/C15H22N2O3/c1-4-15(2,3)12(18)8-7-10-14(20)17-9-5-6-11(17)13(19)16-10/h4,10-11H,1,5-9H2,2-3H3,(H,16,19). The molecule has 2 rings (SSSR count). The molecule has 0 aromatic heterocycles. The normalized spacial score (nSPS) is 26.2. The van der Waals surface area contributed by atoms with Gasteiger partial charge in [-0.1, -0.05) is 6.08 Å². The van der Waals surface area contributed by atoms with Gasteiger partial charge in [-0.3, -0.25) is 14.4 Å². The second-order valence-electron chi connectivity index (χ2n) is 6.14. The summed E-state index contributed by atoms with van der Waals surface area (Å²) in [6.07, 6.45) is 3.87. The van der Waals surface area contributed by atoms with Gasteiger partial charge in [0.05, 0.1) is 0 Å². The van der Waals surface area contributed by atoms with Crippen LogP contribution in [0.1, 0.15) is 39.5 Å². The number of nitrogens with zero attached hydrogens (tertiary/aromatic N) is 1. The molecule has 0 saturated carbocycles. The predicted octanol–water partition coefficient (Wildman–Crippen LogP) is 1.04.